The van der Waals surface area contributed by atoms with Gasteiger partial charge in [-0.25, -0.2) is 4.98 Å². The Balaban J connectivity index is 0.00000118. The van der Waals surface area contributed by atoms with Gasteiger partial charge >= 0.3 is 0 Å². The Morgan fingerprint density at radius 1 is 1.10 bits per heavy atom. The van der Waals surface area contributed by atoms with Gasteiger partial charge in [-0.1, -0.05) is 43.7 Å². The van der Waals surface area contributed by atoms with Crippen molar-refractivity contribution in [1.82, 2.24) is 19.4 Å². The molecule has 0 bridgehead atoms. The van der Waals surface area contributed by atoms with Gasteiger partial charge in [0.05, 0.1) is 25.8 Å². The number of fused-ring (bicyclic) bond motifs is 3. The first-order valence-electron chi connectivity index (χ1n) is 14.1. The minimum absolute atomic E-state index is 0.177. The van der Waals surface area contributed by atoms with E-state index in [0.717, 1.165) is 78.0 Å². The highest BCUT2D eigenvalue weighted by Gasteiger charge is 2.20. The van der Waals surface area contributed by atoms with Gasteiger partial charge in [0.15, 0.2) is 5.82 Å². The number of hydrogen-bond acceptors (Lipinski definition) is 8. The van der Waals surface area contributed by atoms with E-state index in [4.69, 9.17) is 15.6 Å². The molecule has 1 aliphatic rings. The highest BCUT2D eigenvalue weighted by atomic mass is 16.5. The Morgan fingerprint density at radius 3 is 2.65 bits per heavy atom. The van der Waals surface area contributed by atoms with E-state index in [1.165, 1.54) is 11.1 Å². The van der Waals surface area contributed by atoms with Gasteiger partial charge in [-0.3, -0.25) is 4.90 Å². The number of unbranched alkanes of at least 4 members (excludes halogenated alkanes) is 1. The van der Waals surface area contributed by atoms with Crippen molar-refractivity contribution in [3.05, 3.63) is 59.7 Å². The minimum Gasteiger partial charge on any atom is -0.496 e. The fourth-order valence-electron chi connectivity index (χ4n) is 5.24. The molecule has 0 amide bonds. The fourth-order valence-corrected chi connectivity index (χ4v) is 5.24. The Bertz CT molecular complexity index is 1450. The number of anilines is 2. The van der Waals surface area contributed by atoms with E-state index in [2.05, 4.69) is 74.1 Å². The van der Waals surface area contributed by atoms with Crippen molar-refractivity contribution in [2.45, 2.75) is 39.7 Å². The molecule has 9 heteroatoms. The predicted molar refractivity (Wildman–Crippen MR) is 164 cm³/mol. The molecule has 40 heavy (non-hydrogen) atoms. The van der Waals surface area contributed by atoms with Crippen molar-refractivity contribution < 1.29 is 14.9 Å². The molecular formula is C31H42N6O3. The van der Waals surface area contributed by atoms with Crippen molar-refractivity contribution >= 4 is 39.3 Å². The number of ether oxygens (including phenoxy) is 1. The van der Waals surface area contributed by atoms with Crippen LogP contribution in [-0.4, -0.2) is 76.2 Å². The molecule has 5 N–H and O–H groups in total. The zero-order valence-electron chi connectivity index (χ0n) is 23.9. The summed E-state index contributed by atoms with van der Waals surface area (Å²) in [5.41, 5.74) is 12.6. The number of nitrogens with zero attached hydrogens (tertiary/aromatic N) is 4. The Kier molecular flexibility index (Phi) is 10.3. The van der Waals surface area contributed by atoms with Crippen LogP contribution in [0.15, 0.2) is 48.5 Å². The Morgan fingerprint density at radius 2 is 1.90 bits per heavy atom. The topological polar surface area (TPSA) is 122 Å². The van der Waals surface area contributed by atoms with Gasteiger partial charge < -0.3 is 30.6 Å². The van der Waals surface area contributed by atoms with Crippen LogP contribution in [0.1, 0.15) is 44.2 Å². The first-order chi connectivity index (χ1) is 19.5. The molecule has 0 radical (unpaired) electrons. The van der Waals surface area contributed by atoms with Crippen LogP contribution in [0.2, 0.25) is 0 Å². The number of β-amino-alcohol motifs (C(OH)–C–C–N with tert-alkyl or cyclic N) is 1. The molecule has 0 fully saturated rings. The monoisotopic (exact) mass is 546 g/mol. The minimum atomic E-state index is 0.177. The first kappa shape index (κ1) is 29.3. The molecule has 1 aliphatic heterocycles. The number of aliphatic hydroxyl groups is 2. The van der Waals surface area contributed by atoms with Crippen LogP contribution in [0.4, 0.5) is 11.8 Å². The summed E-state index contributed by atoms with van der Waals surface area (Å²) < 4.78 is 8.08. The van der Waals surface area contributed by atoms with E-state index < -0.39 is 0 Å². The molecule has 0 unspecified atom stereocenters. The summed E-state index contributed by atoms with van der Waals surface area (Å²) in [6.45, 7) is 8.21. The lowest BCUT2D eigenvalue weighted by Crippen LogP contribution is -2.32. The fraction of sp³-hybridized carbons (Fsp3) is 0.419. The van der Waals surface area contributed by atoms with E-state index in [9.17, 15) is 5.11 Å². The van der Waals surface area contributed by atoms with Crippen molar-refractivity contribution in [1.29, 1.82) is 0 Å². The van der Waals surface area contributed by atoms with Gasteiger partial charge in [-0.15, -0.1) is 0 Å². The molecule has 0 atom stereocenters. The molecule has 4 aromatic rings. The molecule has 0 aliphatic carbocycles. The lowest BCUT2D eigenvalue weighted by atomic mass is 9.98. The van der Waals surface area contributed by atoms with Crippen LogP contribution in [0, 0.1) is 0 Å². The van der Waals surface area contributed by atoms with Gasteiger partial charge in [0.25, 0.3) is 0 Å². The van der Waals surface area contributed by atoms with Gasteiger partial charge in [-0.2, -0.15) is 4.98 Å². The number of benzene rings is 2. The maximum atomic E-state index is 9.41. The Labute approximate surface area is 236 Å². The summed E-state index contributed by atoms with van der Waals surface area (Å²) in [4.78, 5) is 11.5. The second-order valence-electron chi connectivity index (χ2n) is 9.87. The number of hydrogen-bond donors (Lipinski definition) is 4. The number of nitrogens with two attached hydrogens (primary N) is 1. The molecular weight excluding hydrogens is 504 g/mol. The van der Waals surface area contributed by atoms with Crippen LogP contribution in [0.3, 0.4) is 0 Å². The standard InChI is InChI=1S/C29H36N6O2.C2H6O/c1-3-4-13-31-28-27-26(32-29(30)33-28)23-9-5-6-10-24(23)35(27)19-22-17-20(11-12-25(22)37-2)21-8-7-14-34(18-21)15-16-36;1-2-3/h5-6,8-12,17,36H,3-4,7,13-16,18-19H2,1-2H3,(H3,30,31,32,33);3H,2H2,1H3. The van der Waals surface area contributed by atoms with E-state index in [1.54, 1.807) is 14.0 Å². The second-order valence-corrected chi connectivity index (χ2v) is 9.87. The Hall–Kier alpha value is -3.66. The summed E-state index contributed by atoms with van der Waals surface area (Å²) in [5.74, 6) is 1.87. The third kappa shape index (κ3) is 6.55. The van der Waals surface area contributed by atoms with E-state index in [-0.39, 0.29) is 19.2 Å². The number of rotatable bonds is 10. The number of nitrogen functional groups attached to an aromatic ring is 1. The van der Waals surface area contributed by atoms with Crippen molar-refractivity contribution in [2.24, 2.45) is 0 Å². The molecule has 3 heterocycles. The molecule has 0 spiro atoms. The predicted octanol–water partition coefficient (Wildman–Crippen LogP) is 4.52. The van der Waals surface area contributed by atoms with Gasteiger partial charge in [0.2, 0.25) is 5.95 Å². The average molecular weight is 547 g/mol. The number of aromatic nitrogens is 3. The summed E-state index contributed by atoms with van der Waals surface area (Å²) >= 11 is 0. The quantitative estimate of drug-likeness (QED) is 0.214. The first-order valence-corrected chi connectivity index (χ1v) is 14.1. The van der Waals surface area contributed by atoms with Crippen LogP contribution >= 0.6 is 0 Å². The molecule has 2 aromatic carbocycles. The summed E-state index contributed by atoms with van der Waals surface area (Å²) in [6.07, 6.45) is 5.43. The summed E-state index contributed by atoms with van der Waals surface area (Å²) in [5, 5.41) is 21.5. The van der Waals surface area contributed by atoms with Crippen LogP contribution in [0.5, 0.6) is 5.75 Å². The van der Waals surface area contributed by atoms with Crippen molar-refractivity contribution in [3.63, 3.8) is 0 Å². The molecule has 5 rings (SSSR count). The average Bonchev–Trinajstić information content (AvgIpc) is 3.27. The second kappa shape index (κ2) is 14.1. The lowest BCUT2D eigenvalue weighted by Gasteiger charge is -2.27. The number of nitrogens with one attached hydrogen (secondary N) is 1. The molecule has 9 nitrogen and oxygen atoms in total. The molecule has 0 saturated carbocycles. The highest BCUT2D eigenvalue weighted by molar-refractivity contribution is 6.09. The molecule has 2 aromatic heterocycles. The zero-order chi connectivity index (χ0) is 28.5. The maximum absolute atomic E-state index is 9.41. The smallest absolute Gasteiger partial charge is 0.222 e. The molecule has 214 valence electrons. The highest BCUT2D eigenvalue weighted by Crippen LogP contribution is 2.35. The van der Waals surface area contributed by atoms with Crippen molar-refractivity contribution in [3.8, 4) is 5.75 Å². The SMILES string of the molecule is CCCCNc1nc(N)nc2c3ccccc3n(Cc3cc(C4=CCCN(CCO)C4)ccc3OC)c12.CCO. The largest absolute Gasteiger partial charge is 0.496 e. The third-order valence-corrected chi connectivity index (χ3v) is 7.07. The normalized spacial score (nSPS) is 13.7. The van der Waals surface area contributed by atoms with Crippen LogP contribution < -0.4 is 15.8 Å². The number of aliphatic hydroxyl groups excluding tert-OH is 2. The van der Waals surface area contributed by atoms with E-state index in [0.29, 0.717) is 13.1 Å². The summed E-state index contributed by atoms with van der Waals surface area (Å²) in [7, 11) is 1.72. The van der Waals surface area contributed by atoms with Crippen LogP contribution in [-0.2, 0) is 6.54 Å². The van der Waals surface area contributed by atoms with Crippen molar-refractivity contribution in [2.75, 3.05) is 57.6 Å². The number of methoxy groups -OCH3 is 1. The van der Waals surface area contributed by atoms with E-state index in [1.807, 2.05) is 6.07 Å². The van der Waals surface area contributed by atoms with Crippen LogP contribution in [0.25, 0.3) is 27.5 Å². The van der Waals surface area contributed by atoms with Gasteiger partial charge in [-0.05, 0) is 49.1 Å². The van der Waals surface area contributed by atoms with Gasteiger partial charge in [0.1, 0.15) is 16.8 Å². The van der Waals surface area contributed by atoms with E-state index >= 15 is 0 Å². The lowest BCUT2D eigenvalue weighted by molar-refractivity contribution is 0.209. The third-order valence-electron chi connectivity index (χ3n) is 7.07. The maximum Gasteiger partial charge on any atom is 0.222 e. The zero-order valence-corrected chi connectivity index (χ0v) is 23.9. The number of para-hydroxylation sites is 1. The summed E-state index contributed by atoms with van der Waals surface area (Å²) in [6, 6.07) is 14.7. The van der Waals surface area contributed by atoms with Gasteiger partial charge in [0, 0.05) is 43.7 Å². The molecule has 0 saturated heterocycles.